The second-order valence-corrected chi connectivity index (χ2v) is 8.06. The highest BCUT2D eigenvalue weighted by atomic mass is 79.9. The zero-order valence-corrected chi connectivity index (χ0v) is 15.8. The maximum absolute atomic E-state index is 6.08. The minimum Gasteiger partial charge on any atom is -0.383 e. The third kappa shape index (κ3) is 3.89. The average Bonchev–Trinajstić information content (AvgIpc) is 3.15. The van der Waals surface area contributed by atoms with Gasteiger partial charge in [0.15, 0.2) is 0 Å². The maximum Gasteiger partial charge on any atom is 0.120 e. The van der Waals surface area contributed by atoms with Crippen molar-refractivity contribution in [3.05, 3.63) is 37.9 Å². The van der Waals surface area contributed by atoms with E-state index in [2.05, 4.69) is 49.0 Å². The highest BCUT2D eigenvalue weighted by molar-refractivity contribution is 9.10. The van der Waals surface area contributed by atoms with E-state index < -0.39 is 0 Å². The SMILES string of the molecule is COC[C@H](N)Cc1sc2c(NCc3cccs3)cnnc2c1Br. The summed E-state index contributed by atoms with van der Waals surface area (Å²) in [5.41, 5.74) is 7.96. The first-order chi connectivity index (χ1) is 11.2. The Labute approximate surface area is 151 Å². The van der Waals surface area contributed by atoms with Gasteiger partial charge in [-0.2, -0.15) is 5.10 Å². The van der Waals surface area contributed by atoms with E-state index in [1.165, 1.54) is 9.75 Å². The lowest BCUT2D eigenvalue weighted by Crippen LogP contribution is -2.27. The van der Waals surface area contributed by atoms with E-state index in [1.54, 1.807) is 36.0 Å². The molecule has 0 saturated heterocycles. The highest BCUT2D eigenvalue weighted by Crippen LogP contribution is 2.38. The molecule has 1 atom stereocenters. The summed E-state index contributed by atoms with van der Waals surface area (Å²) >= 11 is 7.07. The predicted octanol–water partition coefficient (Wildman–Crippen LogP) is 3.64. The summed E-state index contributed by atoms with van der Waals surface area (Å²) in [5.74, 6) is 0. The summed E-state index contributed by atoms with van der Waals surface area (Å²) in [5, 5.41) is 13.9. The van der Waals surface area contributed by atoms with E-state index in [0.717, 1.165) is 33.3 Å². The second kappa shape index (κ2) is 7.67. The van der Waals surface area contributed by atoms with Gasteiger partial charge < -0.3 is 15.8 Å². The number of ether oxygens (including phenoxy) is 1. The number of fused-ring (bicyclic) bond motifs is 1. The number of hydrogen-bond donors (Lipinski definition) is 2. The number of thiophene rings is 2. The predicted molar refractivity (Wildman–Crippen MR) is 100 cm³/mol. The molecule has 0 aliphatic carbocycles. The Bertz CT molecular complexity index is 775. The van der Waals surface area contributed by atoms with Crippen molar-refractivity contribution in [3.63, 3.8) is 0 Å². The molecule has 5 nitrogen and oxygen atoms in total. The molecule has 3 aromatic rings. The summed E-state index contributed by atoms with van der Waals surface area (Å²) in [6.45, 7) is 1.32. The lowest BCUT2D eigenvalue weighted by Gasteiger charge is -2.08. The van der Waals surface area contributed by atoms with Crippen molar-refractivity contribution >= 4 is 54.5 Å². The topological polar surface area (TPSA) is 73.1 Å². The van der Waals surface area contributed by atoms with Gasteiger partial charge in [-0.25, -0.2) is 0 Å². The fourth-order valence-corrected chi connectivity index (χ4v) is 4.95. The summed E-state index contributed by atoms with van der Waals surface area (Å²) in [4.78, 5) is 2.46. The van der Waals surface area contributed by atoms with Gasteiger partial charge in [-0.3, -0.25) is 0 Å². The Morgan fingerprint density at radius 1 is 1.48 bits per heavy atom. The fraction of sp³-hybridized carbons (Fsp3) is 0.333. The molecule has 3 rings (SSSR count). The molecule has 3 N–H and O–H groups in total. The van der Waals surface area contributed by atoms with Crippen LogP contribution in [-0.2, 0) is 17.7 Å². The lowest BCUT2D eigenvalue weighted by atomic mass is 10.2. The smallest absolute Gasteiger partial charge is 0.120 e. The molecule has 0 spiro atoms. The molecule has 0 aliphatic heterocycles. The summed E-state index contributed by atoms with van der Waals surface area (Å²) in [6, 6.07) is 4.14. The Hall–Kier alpha value is -1.06. The lowest BCUT2D eigenvalue weighted by molar-refractivity contribution is 0.180. The average molecular weight is 413 g/mol. The van der Waals surface area contributed by atoms with Crippen LogP contribution in [0.2, 0.25) is 0 Å². The summed E-state index contributed by atoms with van der Waals surface area (Å²) in [7, 11) is 1.66. The van der Waals surface area contributed by atoms with Crippen molar-refractivity contribution in [1.29, 1.82) is 0 Å². The first-order valence-electron chi connectivity index (χ1n) is 7.12. The van der Waals surface area contributed by atoms with Crippen LogP contribution in [-0.4, -0.2) is 30.0 Å². The summed E-state index contributed by atoms with van der Waals surface area (Å²) in [6.07, 6.45) is 2.53. The number of rotatable bonds is 7. The molecule has 0 radical (unpaired) electrons. The van der Waals surface area contributed by atoms with E-state index in [-0.39, 0.29) is 6.04 Å². The zero-order chi connectivity index (χ0) is 16.2. The van der Waals surface area contributed by atoms with Crippen LogP contribution in [0.1, 0.15) is 9.75 Å². The van der Waals surface area contributed by atoms with E-state index in [0.29, 0.717) is 6.61 Å². The van der Waals surface area contributed by atoms with Gasteiger partial charge in [-0.05, 0) is 27.4 Å². The quantitative estimate of drug-likeness (QED) is 0.619. The van der Waals surface area contributed by atoms with Crippen molar-refractivity contribution in [2.75, 3.05) is 19.0 Å². The summed E-state index contributed by atoms with van der Waals surface area (Å²) < 4.78 is 7.20. The van der Waals surface area contributed by atoms with E-state index in [4.69, 9.17) is 10.5 Å². The van der Waals surface area contributed by atoms with Gasteiger partial charge in [-0.1, -0.05) is 6.07 Å². The van der Waals surface area contributed by atoms with Crippen molar-refractivity contribution in [2.24, 2.45) is 5.73 Å². The van der Waals surface area contributed by atoms with Gasteiger partial charge >= 0.3 is 0 Å². The van der Waals surface area contributed by atoms with Crippen molar-refractivity contribution in [1.82, 2.24) is 10.2 Å². The van der Waals surface area contributed by atoms with Crippen LogP contribution >= 0.6 is 38.6 Å². The minimum absolute atomic E-state index is 0.0279. The molecule has 0 unspecified atom stereocenters. The normalized spacial score (nSPS) is 12.7. The molecule has 122 valence electrons. The number of anilines is 1. The Kier molecular flexibility index (Phi) is 5.60. The van der Waals surface area contributed by atoms with Gasteiger partial charge in [0.05, 0.1) is 27.7 Å². The number of methoxy groups -OCH3 is 1. The molecule has 23 heavy (non-hydrogen) atoms. The van der Waals surface area contributed by atoms with Crippen molar-refractivity contribution in [2.45, 2.75) is 19.0 Å². The van der Waals surface area contributed by atoms with Gasteiger partial charge in [0.2, 0.25) is 0 Å². The largest absolute Gasteiger partial charge is 0.383 e. The fourth-order valence-electron chi connectivity index (χ4n) is 2.29. The van der Waals surface area contributed by atoms with E-state index in [9.17, 15) is 0 Å². The maximum atomic E-state index is 6.08. The van der Waals surface area contributed by atoms with Crippen molar-refractivity contribution < 1.29 is 4.74 Å². The number of nitrogens with zero attached hydrogens (tertiary/aromatic N) is 2. The van der Waals surface area contributed by atoms with E-state index in [1.807, 2.05) is 0 Å². The van der Waals surface area contributed by atoms with Crippen LogP contribution < -0.4 is 11.1 Å². The van der Waals surface area contributed by atoms with Crippen LogP contribution in [0.3, 0.4) is 0 Å². The monoisotopic (exact) mass is 412 g/mol. The first-order valence-corrected chi connectivity index (χ1v) is 9.61. The third-order valence-electron chi connectivity index (χ3n) is 3.34. The molecule has 0 amide bonds. The van der Waals surface area contributed by atoms with Gasteiger partial charge in [0, 0.05) is 35.9 Å². The number of hydrogen-bond acceptors (Lipinski definition) is 7. The number of halogens is 1. The van der Waals surface area contributed by atoms with Crippen LogP contribution in [0.25, 0.3) is 10.2 Å². The Balaban J connectivity index is 1.85. The molecule has 0 fully saturated rings. The molecular weight excluding hydrogens is 396 g/mol. The van der Waals surface area contributed by atoms with E-state index >= 15 is 0 Å². The first kappa shape index (κ1) is 16.8. The van der Waals surface area contributed by atoms with Crippen LogP contribution in [0.15, 0.2) is 28.2 Å². The molecule has 3 aromatic heterocycles. The molecule has 0 saturated carbocycles. The molecule has 0 bridgehead atoms. The number of nitrogens with two attached hydrogens (primary N) is 1. The van der Waals surface area contributed by atoms with Crippen LogP contribution in [0.5, 0.6) is 0 Å². The minimum atomic E-state index is -0.0279. The van der Waals surface area contributed by atoms with Crippen LogP contribution in [0.4, 0.5) is 5.69 Å². The molecule has 3 heterocycles. The Morgan fingerprint density at radius 3 is 3.09 bits per heavy atom. The van der Waals surface area contributed by atoms with Crippen LogP contribution in [0, 0.1) is 0 Å². The molecule has 8 heteroatoms. The second-order valence-electron chi connectivity index (χ2n) is 5.13. The molecule has 0 aromatic carbocycles. The van der Waals surface area contributed by atoms with Gasteiger partial charge in [0.25, 0.3) is 0 Å². The number of aromatic nitrogens is 2. The Morgan fingerprint density at radius 2 is 2.35 bits per heavy atom. The molecule has 0 aliphatic rings. The highest BCUT2D eigenvalue weighted by Gasteiger charge is 2.17. The third-order valence-corrected chi connectivity index (χ3v) is 6.57. The zero-order valence-electron chi connectivity index (χ0n) is 12.6. The molecular formula is C15H17BrN4OS2. The standard InChI is InChI=1S/C15H17BrN4OS2/c1-21-8-9(17)5-12-13(16)14-15(23-12)11(7-19-20-14)18-6-10-3-2-4-22-10/h2-4,7,9H,5-6,8,17H2,1H3,(H,18,20)/t9-/m1/s1. The van der Waals surface area contributed by atoms with Gasteiger partial charge in [0.1, 0.15) is 5.52 Å². The number of nitrogens with one attached hydrogen (secondary N) is 1. The van der Waals surface area contributed by atoms with Crippen molar-refractivity contribution in [3.8, 4) is 0 Å². The van der Waals surface area contributed by atoms with Gasteiger partial charge in [-0.15, -0.1) is 27.8 Å².